The standard InChI is InChI=1S/C6H10O7.C4H5N/c7-1-2(8)3(9)4(10)5(11)6(12)13;1-4(2)3-5/h1-5,8-11H,(H,12,13);1H2,2H3/t2-,3+,4-,5-;/m0./s1. The van der Waals surface area contributed by atoms with Gasteiger partial charge >= 0.3 is 5.97 Å². The molecule has 0 saturated carbocycles. The number of aliphatic hydroxyl groups excluding tert-OH is 4. The van der Waals surface area contributed by atoms with Crippen molar-refractivity contribution in [2.75, 3.05) is 0 Å². The number of hydrogen-bond acceptors (Lipinski definition) is 7. The Labute approximate surface area is 103 Å². The molecule has 0 amide bonds. The first-order valence-corrected chi connectivity index (χ1v) is 4.65. The molecular weight excluding hydrogens is 246 g/mol. The van der Waals surface area contributed by atoms with Gasteiger partial charge in [0.05, 0.1) is 6.07 Å². The fraction of sp³-hybridized carbons (Fsp3) is 0.500. The van der Waals surface area contributed by atoms with Crippen LogP contribution in [-0.4, -0.2) is 62.2 Å². The number of rotatable bonds is 5. The zero-order valence-electron chi connectivity index (χ0n) is 9.59. The molecule has 0 aromatic carbocycles. The van der Waals surface area contributed by atoms with Gasteiger partial charge in [0.15, 0.2) is 12.4 Å². The molecule has 4 atom stereocenters. The molecule has 0 fully saturated rings. The monoisotopic (exact) mass is 261 g/mol. The predicted molar refractivity (Wildman–Crippen MR) is 58.2 cm³/mol. The largest absolute Gasteiger partial charge is 0.479 e. The molecule has 0 aromatic rings. The van der Waals surface area contributed by atoms with Gasteiger partial charge in [-0.05, 0) is 6.92 Å². The molecule has 0 aliphatic rings. The highest BCUT2D eigenvalue weighted by Crippen LogP contribution is 2.03. The van der Waals surface area contributed by atoms with E-state index < -0.39 is 30.4 Å². The van der Waals surface area contributed by atoms with E-state index in [-0.39, 0.29) is 6.29 Å². The third kappa shape index (κ3) is 7.48. The third-order valence-electron chi connectivity index (χ3n) is 1.61. The number of hydrogen-bond donors (Lipinski definition) is 5. The van der Waals surface area contributed by atoms with Crippen LogP contribution in [0.3, 0.4) is 0 Å². The fourth-order valence-electron chi connectivity index (χ4n) is 0.615. The van der Waals surface area contributed by atoms with Crippen molar-refractivity contribution in [2.45, 2.75) is 31.3 Å². The maximum atomic E-state index is 10.1. The number of carbonyl (C=O) groups is 2. The van der Waals surface area contributed by atoms with Crippen molar-refractivity contribution < 1.29 is 35.1 Å². The minimum absolute atomic E-state index is 0.0809. The summed E-state index contributed by atoms with van der Waals surface area (Å²) in [6, 6.07) is 1.83. The second kappa shape index (κ2) is 9.26. The molecule has 0 rings (SSSR count). The molecule has 0 saturated heterocycles. The highest BCUT2D eigenvalue weighted by atomic mass is 16.4. The first-order valence-electron chi connectivity index (χ1n) is 4.65. The van der Waals surface area contributed by atoms with E-state index in [1.807, 2.05) is 6.07 Å². The van der Waals surface area contributed by atoms with Crippen molar-refractivity contribution >= 4 is 12.3 Å². The fourth-order valence-corrected chi connectivity index (χ4v) is 0.615. The second-order valence-corrected chi connectivity index (χ2v) is 3.28. The Bertz CT molecular complexity index is 336. The Morgan fingerprint density at radius 3 is 1.89 bits per heavy atom. The van der Waals surface area contributed by atoms with E-state index in [4.69, 9.17) is 30.8 Å². The first-order chi connectivity index (χ1) is 8.18. The lowest BCUT2D eigenvalue weighted by molar-refractivity contribution is -0.163. The number of carbonyl (C=O) groups excluding carboxylic acids is 1. The van der Waals surface area contributed by atoms with Crippen molar-refractivity contribution in [1.82, 2.24) is 0 Å². The molecule has 5 N–H and O–H groups in total. The molecule has 0 aromatic heterocycles. The van der Waals surface area contributed by atoms with E-state index in [0.717, 1.165) is 0 Å². The van der Waals surface area contributed by atoms with Crippen molar-refractivity contribution in [2.24, 2.45) is 0 Å². The molecule has 8 heteroatoms. The minimum atomic E-state index is -2.25. The first kappa shape index (κ1) is 18.6. The van der Waals surface area contributed by atoms with E-state index in [1.165, 1.54) is 0 Å². The average Bonchev–Trinajstić information content (AvgIpc) is 2.35. The number of carboxylic acids is 1. The van der Waals surface area contributed by atoms with Gasteiger partial charge in [0.25, 0.3) is 0 Å². The van der Waals surface area contributed by atoms with Crippen molar-refractivity contribution in [3.63, 3.8) is 0 Å². The van der Waals surface area contributed by atoms with Crippen LogP contribution in [0, 0.1) is 11.3 Å². The molecule has 0 spiro atoms. The number of nitrogens with zero attached hydrogens (tertiary/aromatic N) is 1. The summed E-state index contributed by atoms with van der Waals surface area (Å²) in [6.07, 6.45) is -8.39. The summed E-state index contributed by atoms with van der Waals surface area (Å²) < 4.78 is 0. The van der Waals surface area contributed by atoms with Crippen LogP contribution in [0.1, 0.15) is 6.92 Å². The quantitative estimate of drug-likeness (QED) is 0.275. The number of aldehydes is 1. The second-order valence-electron chi connectivity index (χ2n) is 3.28. The van der Waals surface area contributed by atoms with Crippen LogP contribution in [0.2, 0.25) is 0 Å². The van der Waals surface area contributed by atoms with Crippen molar-refractivity contribution in [3.05, 3.63) is 12.2 Å². The lowest BCUT2D eigenvalue weighted by Gasteiger charge is -2.21. The van der Waals surface area contributed by atoms with Crippen LogP contribution in [0.5, 0.6) is 0 Å². The van der Waals surface area contributed by atoms with E-state index >= 15 is 0 Å². The normalized spacial score (nSPS) is 16.0. The molecule has 0 aliphatic heterocycles. The molecule has 102 valence electrons. The van der Waals surface area contributed by atoms with Crippen LogP contribution in [0.15, 0.2) is 12.2 Å². The predicted octanol–water partition coefficient (Wildman–Crippen LogP) is -2.20. The average molecular weight is 261 g/mol. The lowest BCUT2D eigenvalue weighted by Crippen LogP contribution is -2.48. The molecule has 0 heterocycles. The summed E-state index contributed by atoms with van der Waals surface area (Å²) in [6.45, 7) is 4.98. The van der Waals surface area contributed by atoms with Gasteiger partial charge in [-0.25, -0.2) is 4.79 Å². The summed E-state index contributed by atoms with van der Waals surface area (Å²) >= 11 is 0. The topological polar surface area (TPSA) is 159 Å². The van der Waals surface area contributed by atoms with Crippen LogP contribution < -0.4 is 0 Å². The smallest absolute Gasteiger partial charge is 0.335 e. The number of carboxylic acid groups (broad SMARTS) is 1. The van der Waals surface area contributed by atoms with E-state index in [9.17, 15) is 9.59 Å². The Hall–Kier alpha value is -1.79. The summed E-state index contributed by atoms with van der Waals surface area (Å²) in [4.78, 5) is 20.0. The molecular formula is C10H15NO7. The maximum Gasteiger partial charge on any atom is 0.335 e. The Morgan fingerprint density at radius 1 is 1.28 bits per heavy atom. The maximum absolute atomic E-state index is 10.1. The minimum Gasteiger partial charge on any atom is -0.479 e. The highest BCUT2D eigenvalue weighted by Gasteiger charge is 2.33. The molecule has 8 nitrogen and oxygen atoms in total. The summed E-state index contributed by atoms with van der Waals surface area (Å²) in [5, 5.41) is 51.0. The number of aliphatic hydroxyl groups is 4. The molecule has 0 radical (unpaired) electrons. The van der Waals surface area contributed by atoms with Gasteiger partial charge in [-0.2, -0.15) is 5.26 Å². The van der Waals surface area contributed by atoms with Crippen LogP contribution in [0.4, 0.5) is 0 Å². The van der Waals surface area contributed by atoms with Gasteiger partial charge < -0.3 is 30.3 Å². The SMILES string of the molecule is C=C(C)C#N.O=C[C@H](O)[C@@H](O)[C@H](O)[C@H](O)C(=O)O. The van der Waals surface area contributed by atoms with Crippen molar-refractivity contribution in [1.29, 1.82) is 5.26 Å². The van der Waals surface area contributed by atoms with Gasteiger partial charge in [0.2, 0.25) is 0 Å². The zero-order chi connectivity index (χ0) is 14.9. The molecule has 0 bridgehead atoms. The Morgan fingerprint density at radius 2 is 1.67 bits per heavy atom. The van der Waals surface area contributed by atoms with Crippen LogP contribution in [0.25, 0.3) is 0 Å². The third-order valence-corrected chi connectivity index (χ3v) is 1.61. The Kier molecular flexibility index (Phi) is 9.56. The van der Waals surface area contributed by atoms with E-state index in [2.05, 4.69) is 6.58 Å². The molecule has 0 aliphatic carbocycles. The van der Waals surface area contributed by atoms with Gasteiger partial charge in [-0.3, -0.25) is 0 Å². The van der Waals surface area contributed by atoms with Crippen LogP contribution >= 0.6 is 0 Å². The molecule has 18 heavy (non-hydrogen) atoms. The van der Waals surface area contributed by atoms with Gasteiger partial charge in [0.1, 0.15) is 18.3 Å². The lowest BCUT2D eigenvalue weighted by atomic mass is 10.0. The zero-order valence-corrected chi connectivity index (χ0v) is 9.59. The summed E-state index contributed by atoms with van der Waals surface area (Å²) in [5.41, 5.74) is 0.560. The highest BCUT2D eigenvalue weighted by molar-refractivity contribution is 5.73. The van der Waals surface area contributed by atoms with E-state index in [1.54, 1.807) is 6.92 Å². The summed E-state index contributed by atoms with van der Waals surface area (Å²) in [7, 11) is 0. The Balaban J connectivity index is 0. The van der Waals surface area contributed by atoms with Crippen molar-refractivity contribution in [3.8, 4) is 6.07 Å². The summed E-state index contributed by atoms with van der Waals surface area (Å²) in [5.74, 6) is -1.76. The number of nitriles is 1. The van der Waals surface area contributed by atoms with Gasteiger partial charge in [-0.15, -0.1) is 0 Å². The van der Waals surface area contributed by atoms with Gasteiger partial charge in [0, 0.05) is 5.57 Å². The van der Waals surface area contributed by atoms with E-state index in [0.29, 0.717) is 5.57 Å². The number of allylic oxidation sites excluding steroid dienone is 1. The molecule has 0 unspecified atom stereocenters. The van der Waals surface area contributed by atoms with Gasteiger partial charge in [-0.1, -0.05) is 6.58 Å². The number of aliphatic carboxylic acids is 1. The van der Waals surface area contributed by atoms with Crippen LogP contribution in [-0.2, 0) is 9.59 Å².